The average molecular weight is 302 g/mol. The van der Waals surface area contributed by atoms with Crippen molar-refractivity contribution in [3.8, 4) is 0 Å². The fraction of sp³-hybridized carbons (Fsp3) is 0.846. The Morgan fingerprint density at radius 3 is 2.70 bits per heavy atom. The molecule has 0 aromatic rings. The van der Waals surface area contributed by atoms with Gasteiger partial charge in [0.2, 0.25) is 0 Å². The van der Waals surface area contributed by atoms with Crippen LogP contribution in [0.4, 0.5) is 4.79 Å². The van der Waals surface area contributed by atoms with Gasteiger partial charge in [-0.15, -0.1) is 0 Å². The summed E-state index contributed by atoms with van der Waals surface area (Å²) in [6, 6.07) is -0.377. The predicted molar refractivity (Wildman–Crippen MR) is 74.9 cm³/mol. The van der Waals surface area contributed by atoms with E-state index in [1.165, 1.54) is 6.26 Å². The van der Waals surface area contributed by atoms with Crippen LogP contribution >= 0.6 is 0 Å². The number of hydrogen-bond acceptors (Lipinski definition) is 4. The molecule has 0 radical (unpaired) electrons. The van der Waals surface area contributed by atoms with Crippen molar-refractivity contribution in [3.63, 3.8) is 0 Å². The molecule has 1 saturated heterocycles. The third kappa shape index (κ3) is 2.97. The van der Waals surface area contributed by atoms with Gasteiger partial charge < -0.3 is 4.90 Å². The molecule has 1 N–H and O–H groups in total. The van der Waals surface area contributed by atoms with Crippen molar-refractivity contribution in [3.05, 3.63) is 0 Å². The molecule has 0 aromatic carbocycles. The molecule has 1 aliphatic carbocycles. The Balaban J connectivity index is 2.11. The number of hydrogen-bond donors (Lipinski definition) is 1. The Morgan fingerprint density at radius 1 is 1.40 bits per heavy atom. The Bertz CT molecular complexity index is 516. The van der Waals surface area contributed by atoms with Crippen molar-refractivity contribution in [2.45, 2.75) is 44.6 Å². The molecular weight excluding hydrogens is 280 g/mol. The van der Waals surface area contributed by atoms with Gasteiger partial charge in [-0.05, 0) is 25.2 Å². The van der Waals surface area contributed by atoms with E-state index in [0.717, 1.165) is 12.8 Å². The maximum absolute atomic E-state index is 12.2. The molecule has 114 valence electrons. The topological polar surface area (TPSA) is 83.6 Å². The Hall–Kier alpha value is -1.11. The van der Waals surface area contributed by atoms with Crippen LogP contribution in [0.2, 0.25) is 0 Å². The fourth-order valence-electron chi connectivity index (χ4n) is 3.37. The second kappa shape index (κ2) is 5.35. The van der Waals surface area contributed by atoms with E-state index < -0.39 is 15.4 Å². The molecular formula is C13H22N2O4S. The van der Waals surface area contributed by atoms with Crippen molar-refractivity contribution in [2.24, 2.45) is 5.92 Å². The quantitative estimate of drug-likeness (QED) is 0.783. The summed E-state index contributed by atoms with van der Waals surface area (Å²) < 4.78 is 22.4. The van der Waals surface area contributed by atoms with Crippen LogP contribution in [0, 0.1) is 5.92 Å². The maximum atomic E-state index is 12.2. The van der Waals surface area contributed by atoms with E-state index >= 15 is 0 Å². The number of carbonyl (C=O) groups is 2. The molecule has 2 fully saturated rings. The predicted octanol–water partition coefficient (Wildman–Crippen LogP) is 0.922. The van der Waals surface area contributed by atoms with Crippen LogP contribution in [-0.2, 0) is 14.6 Å². The Labute approximate surface area is 119 Å². The summed E-state index contributed by atoms with van der Waals surface area (Å²) in [5, 5.41) is 2.39. The first-order valence-electron chi connectivity index (χ1n) is 7.05. The van der Waals surface area contributed by atoms with E-state index in [1.54, 1.807) is 4.90 Å². The second-order valence-corrected chi connectivity index (χ2v) is 8.39. The molecule has 1 spiro atoms. The summed E-state index contributed by atoms with van der Waals surface area (Å²) in [5.74, 6) is 0.225. The lowest BCUT2D eigenvalue weighted by molar-refractivity contribution is -0.129. The van der Waals surface area contributed by atoms with Crippen LogP contribution in [0.5, 0.6) is 0 Å². The molecule has 0 bridgehead atoms. The number of rotatable bonds is 4. The molecule has 1 saturated carbocycles. The van der Waals surface area contributed by atoms with Crippen molar-refractivity contribution < 1.29 is 18.0 Å². The number of urea groups is 1. The number of sulfone groups is 1. The zero-order chi connectivity index (χ0) is 15.0. The van der Waals surface area contributed by atoms with Gasteiger partial charge in [0.15, 0.2) is 0 Å². The van der Waals surface area contributed by atoms with E-state index in [-0.39, 0.29) is 17.7 Å². The summed E-state index contributed by atoms with van der Waals surface area (Å²) >= 11 is 0. The third-order valence-electron chi connectivity index (χ3n) is 4.28. The highest BCUT2D eigenvalue weighted by Crippen LogP contribution is 2.39. The molecule has 7 heteroatoms. The van der Waals surface area contributed by atoms with Gasteiger partial charge in [-0.25, -0.2) is 13.2 Å². The standard InChI is InChI=1S/C13H22N2O4S/c1-10-5-3-6-13(9-10)11(16)14-12(17)15(13)7-4-8-20(2,18)19/h10H,3-9H2,1-2H3,(H,14,16,17). The first-order chi connectivity index (χ1) is 9.24. The first kappa shape index (κ1) is 15.3. The van der Waals surface area contributed by atoms with Crippen LogP contribution in [0.1, 0.15) is 39.0 Å². The zero-order valence-electron chi connectivity index (χ0n) is 12.0. The molecule has 6 nitrogen and oxygen atoms in total. The lowest BCUT2D eigenvalue weighted by Gasteiger charge is -2.40. The van der Waals surface area contributed by atoms with Gasteiger partial charge in [0.25, 0.3) is 5.91 Å². The van der Waals surface area contributed by atoms with E-state index in [0.29, 0.717) is 31.7 Å². The molecule has 0 aromatic heterocycles. The molecule has 20 heavy (non-hydrogen) atoms. The summed E-state index contributed by atoms with van der Waals surface area (Å²) in [7, 11) is -3.04. The summed E-state index contributed by atoms with van der Waals surface area (Å²) in [6.45, 7) is 2.41. The van der Waals surface area contributed by atoms with E-state index in [9.17, 15) is 18.0 Å². The summed E-state index contributed by atoms with van der Waals surface area (Å²) in [4.78, 5) is 25.7. The molecule has 1 heterocycles. The lowest BCUT2D eigenvalue weighted by atomic mass is 9.75. The van der Waals surface area contributed by atoms with E-state index in [4.69, 9.17) is 0 Å². The van der Waals surface area contributed by atoms with Crippen molar-refractivity contribution >= 4 is 21.8 Å². The van der Waals surface area contributed by atoms with Crippen LogP contribution < -0.4 is 5.32 Å². The highest BCUT2D eigenvalue weighted by atomic mass is 32.2. The monoisotopic (exact) mass is 302 g/mol. The van der Waals surface area contributed by atoms with Gasteiger partial charge >= 0.3 is 6.03 Å². The summed E-state index contributed by atoms with van der Waals surface area (Å²) in [5.41, 5.74) is -0.744. The lowest BCUT2D eigenvalue weighted by Crippen LogP contribution is -2.52. The van der Waals surface area contributed by atoms with Crippen molar-refractivity contribution in [1.29, 1.82) is 0 Å². The largest absolute Gasteiger partial charge is 0.325 e. The average Bonchev–Trinajstić information content (AvgIpc) is 2.52. The SMILES string of the molecule is CC1CCCC2(C1)C(=O)NC(=O)N2CCCS(C)(=O)=O. The number of nitrogens with zero attached hydrogens (tertiary/aromatic N) is 1. The first-order valence-corrected chi connectivity index (χ1v) is 9.11. The van der Waals surface area contributed by atoms with Crippen molar-refractivity contribution in [1.82, 2.24) is 10.2 Å². The smallest absolute Gasteiger partial charge is 0.310 e. The van der Waals surface area contributed by atoms with Crippen LogP contribution in [-0.4, -0.2) is 49.3 Å². The molecule has 2 atom stereocenters. The minimum Gasteiger partial charge on any atom is -0.310 e. The van der Waals surface area contributed by atoms with E-state index in [2.05, 4.69) is 12.2 Å². The minimum absolute atomic E-state index is 0.0383. The number of carbonyl (C=O) groups excluding carboxylic acids is 2. The number of nitrogens with one attached hydrogen (secondary N) is 1. The van der Waals surface area contributed by atoms with Crippen LogP contribution in [0.25, 0.3) is 0 Å². The van der Waals surface area contributed by atoms with Gasteiger partial charge in [0.05, 0.1) is 5.75 Å². The highest BCUT2D eigenvalue weighted by Gasteiger charge is 2.53. The van der Waals surface area contributed by atoms with Gasteiger partial charge in [0, 0.05) is 12.8 Å². The molecule has 3 amide bonds. The molecule has 1 aliphatic heterocycles. The Kier molecular flexibility index (Phi) is 4.09. The van der Waals surface area contributed by atoms with Crippen molar-refractivity contribution in [2.75, 3.05) is 18.6 Å². The Morgan fingerprint density at radius 2 is 2.10 bits per heavy atom. The van der Waals surface area contributed by atoms with Gasteiger partial charge in [-0.3, -0.25) is 10.1 Å². The van der Waals surface area contributed by atoms with Crippen LogP contribution in [0.3, 0.4) is 0 Å². The number of imide groups is 1. The van der Waals surface area contributed by atoms with Gasteiger partial charge in [-0.2, -0.15) is 0 Å². The number of amides is 3. The maximum Gasteiger partial charge on any atom is 0.325 e. The molecule has 2 rings (SSSR count). The van der Waals surface area contributed by atoms with E-state index in [1.807, 2.05) is 0 Å². The highest BCUT2D eigenvalue weighted by molar-refractivity contribution is 7.90. The van der Waals surface area contributed by atoms with Gasteiger partial charge in [0.1, 0.15) is 15.4 Å². The van der Waals surface area contributed by atoms with Crippen LogP contribution in [0.15, 0.2) is 0 Å². The third-order valence-corrected chi connectivity index (χ3v) is 5.31. The normalized spacial score (nSPS) is 30.9. The fourth-order valence-corrected chi connectivity index (χ4v) is 4.03. The molecule has 2 unspecified atom stereocenters. The minimum atomic E-state index is -3.04. The molecule has 2 aliphatic rings. The summed E-state index contributed by atoms with van der Waals surface area (Å²) in [6.07, 6.45) is 4.89. The van der Waals surface area contributed by atoms with Gasteiger partial charge in [-0.1, -0.05) is 19.8 Å². The zero-order valence-corrected chi connectivity index (χ0v) is 12.8. The second-order valence-electron chi connectivity index (χ2n) is 6.13.